The second-order valence-electron chi connectivity index (χ2n) is 3.70. The Kier molecular flexibility index (Phi) is 3.74. The van der Waals surface area contributed by atoms with Crippen molar-refractivity contribution in [3.8, 4) is 11.3 Å². The molecule has 2 rings (SSSR count). The van der Waals surface area contributed by atoms with Crippen molar-refractivity contribution in [3.05, 3.63) is 40.6 Å². The summed E-state index contributed by atoms with van der Waals surface area (Å²) in [5, 5.41) is 3.21. The van der Waals surface area contributed by atoms with Crippen LogP contribution in [0, 0.1) is 6.92 Å². The molecular formula is C13H14BrN3. The summed E-state index contributed by atoms with van der Waals surface area (Å²) >= 11 is 3.54. The van der Waals surface area contributed by atoms with Crippen molar-refractivity contribution in [2.24, 2.45) is 0 Å². The third-order valence-electron chi connectivity index (χ3n) is 2.35. The zero-order valence-corrected chi connectivity index (χ0v) is 11.5. The topological polar surface area (TPSA) is 37.8 Å². The van der Waals surface area contributed by atoms with Crippen molar-refractivity contribution in [1.29, 1.82) is 0 Å². The number of halogens is 1. The molecule has 0 aliphatic rings. The van der Waals surface area contributed by atoms with Gasteiger partial charge in [0.2, 0.25) is 0 Å². The van der Waals surface area contributed by atoms with Crippen LogP contribution in [0.5, 0.6) is 0 Å². The highest BCUT2D eigenvalue weighted by Crippen LogP contribution is 2.27. The van der Waals surface area contributed by atoms with Gasteiger partial charge in [-0.25, -0.2) is 9.97 Å². The van der Waals surface area contributed by atoms with Crippen LogP contribution in [0.4, 0.5) is 5.82 Å². The van der Waals surface area contributed by atoms with Gasteiger partial charge in [-0.1, -0.05) is 34.1 Å². The Bertz CT molecular complexity index is 526. The molecule has 0 atom stereocenters. The number of rotatable bonds is 3. The first kappa shape index (κ1) is 12.0. The van der Waals surface area contributed by atoms with Crippen LogP contribution in [0.15, 0.2) is 34.8 Å². The molecule has 0 aliphatic heterocycles. The average Bonchev–Trinajstić information content (AvgIpc) is 2.29. The molecule has 0 saturated carbocycles. The van der Waals surface area contributed by atoms with E-state index in [9.17, 15) is 0 Å². The SMILES string of the molecule is CCNc1cc(-c2ccccc2Br)nc(C)n1. The molecule has 1 aromatic carbocycles. The van der Waals surface area contributed by atoms with Gasteiger partial charge in [0.1, 0.15) is 11.6 Å². The summed E-state index contributed by atoms with van der Waals surface area (Å²) in [6, 6.07) is 10.0. The molecule has 0 fully saturated rings. The summed E-state index contributed by atoms with van der Waals surface area (Å²) < 4.78 is 1.04. The van der Waals surface area contributed by atoms with Gasteiger partial charge in [-0.3, -0.25) is 0 Å². The number of benzene rings is 1. The third-order valence-corrected chi connectivity index (χ3v) is 3.04. The van der Waals surface area contributed by atoms with E-state index in [4.69, 9.17) is 0 Å². The lowest BCUT2D eigenvalue weighted by molar-refractivity contribution is 1.04. The van der Waals surface area contributed by atoms with Crippen molar-refractivity contribution < 1.29 is 0 Å². The monoisotopic (exact) mass is 291 g/mol. The molecule has 1 N–H and O–H groups in total. The maximum absolute atomic E-state index is 4.47. The van der Waals surface area contributed by atoms with Crippen LogP contribution in [0.25, 0.3) is 11.3 Å². The molecule has 0 bridgehead atoms. The normalized spacial score (nSPS) is 10.3. The molecule has 1 aromatic heterocycles. The largest absolute Gasteiger partial charge is 0.370 e. The Morgan fingerprint density at radius 1 is 1.24 bits per heavy atom. The highest BCUT2D eigenvalue weighted by atomic mass is 79.9. The summed E-state index contributed by atoms with van der Waals surface area (Å²) in [6.07, 6.45) is 0. The molecule has 0 aliphatic carbocycles. The number of aromatic nitrogens is 2. The van der Waals surface area contributed by atoms with Gasteiger partial charge in [0.05, 0.1) is 5.69 Å². The molecule has 0 unspecified atom stereocenters. The van der Waals surface area contributed by atoms with Gasteiger partial charge in [-0.15, -0.1) is 0 Å². The van der Waals surface area contributed by atoms with Crippen molar-refractivity contribution in [3.63, 3.8) is 0 Å². The fraction of sp³-hybridized carbons (Fsp3) is 0.231. The Morgan fingerprint density at radius 3 is 2.71 bits per heavy atom. The minimum absolute atomic E-state index is 0.772. The molecule has 0 spiro atoms. The number of anilines is 1. The molecule has 0 radical (unpaired) electrons. The molecular weight excluding hydrogens is 278 g/mol. The lowest BCUT2D eigenvalue weighted by Crippen LogP contribution is -2.02. The number of nitrogens with one attached hydrogen (secondary N) is 1. The minimum atomic E-state index is 0.772. The summed E-state index contributed by atoms with van der Waals surface area (Å²) in [7, 11) is 0. The van der Waals surface area contributed by atoms with Crippen LogP contribution in [0.2, 0.25) is 0 Å². The molecule has 88 valence electrons. The van der Waals surface area contributed by atoms with Crippen LogP contribution >= 0.6 is 15.9 Å². The van der Waals surface area contributed by atoms with Crippen LogP contribution in [-0.4, -0.2) is 16.5 Å². The van der Waals surface area contributed by atoms with Gasteiger partial charge < -0.3 is 5.32 Å². The standard InChI is InChI=1S/C13H14BrN3/c1-3-15-13-8-12(16-9(2)17-13)10-6-4-5-7-11(10)14/h4-8H,3H2,1-2H3,(H,15,16,17). The third kappa shape index (κ3) is 2.82. The van der Waals surface area contributed by atoms with Gasteiger partial charge in [0.25, 0.3) is 0 Å². The van der Waals surface area contributed by atoms with Gasteiger partial charge in [0, 0.05) is 22.6 Å². The van der Waals surface area contributed by atoms with Crippen molar-refractivity contribution >= 4 is 21.7 Å². The van der Waals surface area contributed by atoms with E-state index >= 15 is 0 Å². The van der Waals surface area contributed by atoms with E-state index in [1.54, 1.807) is 0 Å². The molecule has 0 saturated heterocycles. The Hall–Kier alpha value is -1.42. The van der Waals surface area contributed by atoms with Crippen LogP contribution in [0.1, 0.15) is 12.7 Å². The highest BCUT2D eigenvalue weighted by Gasteiger charge is 2.06. The second kappa shape index (κ2) is 5.27. The lowest BCUT2D eigenvalue weighted by Gasteiger charge is -2.08. The molecule has 17 heavy (non-hydrogen) atoms. The van der Waals surface area contributed by atoms with E-state index in [1.165, 1.54) is 0 Å². The second-order valence-corrected chi connectivity index (χ2v) is 4.55. The molecule has 2 aromatic rings. The maximum atomic E-state index is 4.47. The maximum Gasteiger partial charge on any atom is 0.130 e. The van der Waals surface area contributed by atoms with Gasteiger partial charge in [-0.05, 0) is 19.9 Å². The van der Waals surface area contributed by atoms with Crippen LogP contribution < -0.4 is 5.32 Å². The summed E-state index contributed by atoms with van der Waals surface area (Å²) in [4.78, 5) is 8.81. The van der Waals surface area contributed by atoms with E-state index in [1.807, 2.05) is 37.3 Å². The predicted molar refractivity (Wildman–Crippen MR) is 74.1 cm³/mol. The zero-order chi connectivity index (χ0) is 12.3. The summed E-state index contributed by atoms with van der Waals surface area (Å²) in [6.45, 7) is 4.81. The van der Waals surface area contributed by atoms with Crippen LogP contribution in [0.3, 0.4) is 0 Å². The summed E-state index contributed by atoms with van der Waals surface area (Å²) in [5.41, 5.74) is 2.01. The van der Waals surface area contributed by atoms with E-state index < -0.39 is 0 Å². The molecule has 3 nitrogen and oxygen atoms in total. The summed E-state index contributed by atoms with van der Waals surface area (Å²) in [5.74, 6) is 1.64. The Balaban J connectivity index is 2.48. The Labute approximate surface area is 109 Å². The Morgan fingerprint density at radius 2 is 2.00 bits per heavy atom. The zero-order valence-electron chi connectivity index (χ0n) is 9.87. The van der Waals surface area contributed by atoms with Crippen molar-refractivity contribution in [2.75, 3.05) is 11.9 Å². The lowest BCUT2D eigenvalue weighted by atomic mass is 10.1. The first-order chi connectivity index (χ1) is 8.20. The molecule has 1 heterocycles. The quantitative estimate of drug-likeness (QED) is 0.938. The van der Waals surface area contributed by atoms with Crippen molar-refractivity contribution in [2.45, 2.75) is 13.8 Å². The molecule has 0 amide bonds. The first-order valence-electron chi connectivity index (χ1n) is 5.55. The van der Waals surface area contributed by atoms with E-state index in [0.717, 1.165) is 33.9 Å². The molecule has 4 heteroatoms. The van der Waals surface area contributed by atoms with Gasteiger partial charge in [-0.2, -0.15) is 0 Å². The van der Waals surface area contributed by atoms with Gasteiger partial charge in [0.15, 0.2) is 0 Å². The fourth-order valence-electron chi connectivity index (χ4n) is 1.65. The minimum Gasteiger partial charge on any atom is -0.370 e. The van der Waals surface area contributed by atoms with E-state index in [0.29, 0.717) is 0 Å². The van der Waals surface area contributed by atoms with E-state index in [-0.39, 0.29) is 0 Å². The number of aryl methyl sites for hydroxylation is 1. The fourth-order valence-corrected chi connectivity index (χ4v) is 2.13. The highest BCUT2D eigenvalue weighted by molar-refractivity contribution is 9.10. The number of hydrogen-bond acceptors (Lipinski definition) is 3. The number of hydrogen-bond donors (Lipinski definition) is 1. The van der Waals surface area contributed by atoms with Crippen LogP contribution in [-0.2, 0) is 0 Å². The number of nitrogens with zero attached hydrogens (tertiary/aromatic N) is 2. The average molecular weight is 292 g/mol. The smallest absolute Gasteiger partial charge is 0.130 e. The predicted octanol–water partition coefficient (Wildman–Crippen LogP) is 3.65. The van der Waals surface area contributed by atoms with Crippen molar-refractivity contribution in [1.82, 2.24) is 9.97 Å². The first-order valence-corrected chi connectivity index (χ1v) is 6.34. The van der Waals surface area contributed by atoms with E-state index in [2.05, 4.69) is 38.1 Å². The van der Waals surface area contributed by atoms with Gasteiger partial charge >= 0.3 is 0 Å².